The molecule has 2 aromatic rings. The predicted octanol–water partition coefficient (Wildman–Crippen LogP) is 2.27. The molecule has 19 heavy (non-hydrogen) atoms. The maximum absolute atomic E-state index is 9.20. The van der Waals surface area contributed by atoms with Gasteiger partial charge in [0.05, 0.1) is 25.5 Å². The van der Waals surface area contributed by atoms with Crippen LogP contribution in [-0.2, 0) is 24.5 Å². The topological polar surface area (TPSA) is 60.2 Å². The quantitative estimate of drug-likeness (QED) is 0.920. The molecule has 0 fully saturated rings. The molecule has 0 aliphatic carbocycles. The molecule has 0 aliphatic rings. The lowest BCUT2D eigenvalue weighted by molar-refractivity contribution is 0.173. The molecular weight excluding hydrogens is 289 g/mol. The molecule has 1 N–H and O–H groups in total. The Morgan fingerprint density at radius 3 is 2.79 bits per heavy atom. The van der Waals surface area contributed by atoms with E-state index in [0.717, 1.165) is 11.3 Å². The molecule has 0 saturated heterocycles. The number of nitrogens with zero attached hydrogens (tertiary/aromatic N) is 3. The number of methoxy groups -OCH3 is 1. The van der Waals surface area contributed by atoms with Gasteiger partial charge in [0, 0.05) is 17.2 Å². The molecule has 5 nitrogen and oxygen atoms in total. The SMILES string of the molecule is COCc1c(CO)nnn1Cc1ccc(Cl)cc1Cl. The van der Waals surface area contributed by atoms with Gasteiger partial charge in [-0.3, -0.25) is 0 Å². The molecule has 0 bridgehead atoms. The number of rotatable bonds is 5. The molecule has 0 radical (unpaired) electrons. The lowest BCUT2D eigenvalue weighted by Gasteiger charge is -2.08. The molecule has 0 aliphatic heterocycles. The van der Waals surface area contributed by atoms with Crippen molar-refractivity contribution in [2.24, 2.45) is 0 Å². The fourth-order valence-corrected chi connectivity index (χ4v) is 2.19. The molecule has 0 atom stereocenters. The van der Waals surface area contributed by atoms with E-state index >= 15 is 0 Å². The number of aliphatic hydroxyl groups is 1. The van der Waals surface area contributed by atoms with Crippen molar-refractivity contribution in [2.75, 3.05) is 7.11 Å². The minimum Gasteiger partial charge on any atom is -0.390 e. The highest BCUT2D eigenvalue weighted by atomic mass is 35.5. The van der Waals surface area contributed by atoms with Crippen LogP contribution < -0.4 is 0 Å². The van der Waals surface area contributed by atoms with Gasteiger partial charge in [0.1, 0.15) is 5.69 Å². The standard InChI is InChI=1S/C12H13Cl2N3O2/c1-19-7-12-11(6-18)15-16-17(12)5-8-2-3-9(13)4-10(8)14/h2-4,18H,5-7H2,1H3. The summed E-state index contributed by atoms with van der Waals surface area (Å²) in [5, 5.41) is 18.3. The number of benzene rings is 1. The van der Waals surface area contributed by atoms with Gasteiger partial charge < -0.3 is 9.84 Å². The number of aliphatic hydroxyl groups excluding tert-OH is 1. The first-order valence-corrected chi connectivity index (χ1v) is 6.36. The first-order chi connectivity index (χ1) is 9.15. The zero-order chi connectivity index (χ0) is 13.8. The molecule has 0 spiro atoms. The maximum Gasteiger partial charge on any atom is 0.114 e. The summed E-state index contributed by atoms with van der Waals surface area (Å²) in [4.78, 5) is 0. The molecule has 0 saturated carbocycles. The van der Waals surface area contributed by atoms with Crippen molar-refractivity contribution in [3.8, 4) is 0 Å². The van der Waals surface area contributed by atoms with E-state index in [4.69, 9.17) is 27.9 Å². The smallest absolute Gasteiger partial charge is 0.114 e. The van der Waals surface area contributed by atoms with E-state index in [2.05, 4.69) is 10.3 Å². The molecule has 1 heterocycles. The minimum atomic E-state index is -0.174. The Morgan fingerprint density at radius 1 is 1.37 bits per heavy atom. The first kappa shape index (κ1) is 14.3. The lowest BCUT2D eigenvalue weighted by atomic mass is 10.2. The maximum atomic E-state index is 9.20. The monoisotopic (exact) mass is 301 g/mol. The molecule has 7 heteroatoms. The summed E-state index contributed by atoms with van der Waals surface area (Å²) < 4.78 is 6.75. The number of hydrogen-bond donors (Lipinski definition) is 1. The van der Waals surface area contributed by atoms with Gasteiger partial charge in [-0.25, -0.2) is 4.68 Å². The van der Waals surface area contributed by atoms with Crippen molar-refractivity contribution in [1.29, 1.82) is 0 Å². The third-order valence-corrected chi connectivity index (χ3v) is 3.27. The van der Waals surface area contributed by atoms with Crippen molar-refractivity contribution in [3.05, 3.63) is 45.2 Å². The van der Waals surface area contributed by atoms with Crippen molar-refractivity contribution >= 4 is 23.2 Å². The number of aromatic nitrogens is 3. The minimum absolute atomic E-state index is 0.174. The van der Waals surface area contributed by atoms with E-state index in [1.807, 2.05) is 6.07 Å². The number of ether oxygens (including phenoxy) is 1. The van der Waals surface area contributed by atoms with Crippen LogP contribution in [0.5, 0.6) is 0 Å². The highest BCUT2D eigenvalue weighted by molar-refractivity contribution is 6.35. The fraction of sp³-hybridized carbons (Fsp3) is 0.333. The Kier molecular flexibility index (Phi) is 4.76. The van der Waals surface area contributed by atoms with Crippen LogP contribution in [0.15, 0.2) is 18.2 Å². The summed E-state index contributed by atoms with van der Waals surface area (Å²) in [5.41, 5.74) is 2.11. The Balaban J connectivity index is 2.29. The molecule has 102 valence electrons. The highest BCUT2D eigenvalue weighted by Crippen LogP contribution is 2.22. The van der Waals surface area contributed by atoms with Crippen molar-refractivity contribution < 1.29 is 9.84 Å². The van der Waals surface area contributed by atoms with Crippen LogP contribution in [0.3, 0.4) is 0 Å². The zero-order valence-electron chi connectivity index (χ0n) is 10.3. The third-order valence-electron chi connectivity index (χ3n) is 2.68. The van der Waals surface area contributed by atoms with E-state index in [1.54, 1.807) is 23.9 Å². The molecule has 2 rings (SSSR count). The van der Waals surface area contributed by atoms with Crippen molar-refractivity contribution in [1.82, 2.24) is 15.0 Å². The predicted molar refractivity (Wildman–Crippen MR) is 72.2 cm³/mol. The summed E-state index contributed by atoms with van der Waals surface area (Å²) in [6, 6.07) is 5.28. The Hall–Kier alpha value is -1.14. The van der Waals surface area contributed by atoms with Gasteiger partial charge in [-0.1, -0.05) is 34.5 Å². The fourth-order valence-electron chi connectivity index (χ4n) is 1.72. The van der Waals surface area contributed by atoms with Crippen LogP contribution >= 0.6 is 23.2 Å². The highest BCUT2D eigenvalue weighted by Gasteiger charge is 2.13. The van der Waals surface area contributed by atoms with E-state index < -0.39 is 0 Å². The second kappa shape index (κ2) is 6.34. The lowest BCUT2D eigenvalue weighted by Crippen LogP contribution is -2.08. The summed E-state index contributed by atoms with van der Waals surface area (Å²) in [5.74, 6) is 0. The van der Waals surface area contributed by atoms with Crippen LogP contribution in [-0.4, -0.2) is 27.2 Å². The molecule has 1 aromatic carbocycles. The number of hydrogen-bond acceptors (Lipinski definition) is 4. The molecule has 1 aromatic heterocycles. The van der Waals surface area contributed by atoms with Crippen LogP contribution in [0.4, 0.5) is 0 Å². The van der Waals surface area contributed by atoms with Gasteiger partial charge in [0.25, 0.3) is 0 Å². The van der Waals surface area contributed by atoms with E-state index in [9.17, 15) is 5.11 Å². The van der Waals surface area contributed by atoms with Crippen LogP contribution in [0.2, 0.25) is 10.0 Å². The van der Waals surface area contributed by atoms with Gasteiger partial charge in [0.2, 0.25) is 0 Å². The largest absolute Gasteiger partial charge is 0.390 e. The van der Waals surface area contributed by atoms with E-state index in [-0.39, 0.29) is 6.61 Å². The Bertz CT molecular complexity index is 572. The van der Waals surface area contributed by atoms with Gasteiger partial charge in [-0.15, -0.1) is 5.10 Å². The zero-order valence-corrected chi connectivity index (χ0v) is 11.8. The molecular formula is C12H13Cl2N3O2. The molecule has 0 unspecified atom stereocenters. The summed E-state index contributed by atoms with van der Waals surface area (Å²) >= 11 is 12.0. The van der Waals surface area contributed by atoms with Crippen LogP contribution in [0.25, 0.3) is 0 Å². The third kappa shape index (κ3) is 3.25. The number of halogens is 2. The first-order valence-electron chi connectivity index (χ1n) is 5.60. The summed E-state index contributed by atoms with van der Waals surface area (Å²) in [6.45, 7) is 0.600. The second-order valence-corrected chi connectivity index (χ2v) is 4.81. The van der Waals surface area contributed by atoms with Gasteiger partial charge in [-0.2, -0.15) is 0 Å². The van der Waals surface area contributed by atoms with E-state index in [0.29, 0.717) is 28.9 Å². The Labute approximate surface area is 120 Å². The van der Waals surface area contributed by atoms with Gasteiger partial charge in [0.15, 0.2) is 0 Å². The van der Waals surface area contributed by atoms with Crippen molar-refractivity contribution in [2.45, 2.75) is 19.8 Å². The second-order valence-electron chi connectivity index (χ2n) is 3.97. The molecule has 0 amide bonds. The summed E-state index contributed by atoms with van der Waals surface area (Å²) in [6.07, 6.45) is 0. The normalized spacial score (nSPS) is 10.9. The van der Waals surface area contributed by atoms with Crippen LogP contribution in [0, 0.1) is 0 Å². The summed E-state index contributed by atoms with van der Waals surface area (Å²) in [7, 11) is 1.58. The van der Waals surface area contributed by atoms with E-state index in [1.165, 1.54) is 0 Å². The average Bonchev–Trinajstić information content (AvgIpc) is 2.76. The van der Waals surface area contributed by atoms with Crippen LogP contribution in [0.1, 0.15) is 17.0 Å². The average molecular weight is 302 g/mol. The van der Waals surface area contributed by atoms with Gasteiger partial charge in [-0.05, 0) is 17.7 Å². The van der Waals surface area contributed by atoms with Crippen molar-refractivity contribution in [3.63, 3.8) is 0 Å². The van der Waals surface area contributed by atoms with Gasteiger partial charge >= 0.3 is 0 Å². The Morgan fingerprint density at radius 2 is 2.16 bits per heavy atom.